The van der Waals surface area contributed by atoms with Gasteiger partial charge in [-0.3, -0.25) is 9.89 Å². The van der Waals surface area contributed by atoms with E-state index in [-0.39, 0.29) is 6.09 Å². The average Bonchev–Trinajstić information content (AvgIpc) is 3.24. The minimum atomic E-state index is -0.589. The third-order valence-corrected chi connectivity index (χ3v) is 8.50. The zero-order valence-electron chi connectivity index (χ0n) is 22.5. The number of fused-ring (bicyclic) bond motifs is 2. The number of benzene rings is 2. The van der Waals surface area contributed by atoms with Crippen molar-refractivity contribution in [2.24, 2.45) is 10.9 Å². The maximum absolute atomic E-state index is 13.1. The number of amides is 1. The van der Waals surface area contributed by atoms with Gasteiger partial charge in [-0.1, -0.05) is 36.4 Å². The van der Waals surface area contributed by atoms with E-state index in [9.17, 15) is 4.79 Å². The Bertz CT molecular complexity index is 1380. The minimum absolute atomic E-state index is 0.310. The van der Waals surface area contributed by atoms with Crippen LogP contribution in [0.1, 0.15) is 63.6 Å². The number of rotatable bonds is 3. The highest BCUT2D eigenvalue weighted by Gasteiger charge is 2.35. The van der Waals surface area contributed by atoms with Crippen LogP contribution < -0.4 is 4.90 Å². The van der Waals surface area contributed by atoms with Crippen LogP contribution in [0.2, 0.25) is 5.02 Å². The first-order valence-electron chi connectivity index (χ1n) is 13.2. The second kappa shape index (κ2) is 10.7. The molecule has 1 amide bonds. The van der Waals surface area contributed by atoms with Crippen LogP contribution in [-0.4, -0.2) is 40.4 Å². The number of allylic oxidation sites excluding steroid dienone is 1. The third-order valence-electron chi connectivity index (χ3n) is 7.42. The van der Waals surface area contributed by atoms with Crippen LogP contribution in [0.4, 0.5) is 10.5 Å². The minimum Gasteiger partial charge on any atom is -0.444 e. The highest BCUT2D eigenvalue weighted by atomic mass is 35.5. The second-order valence-corrected chi connectivity index (χ2v) is 12.4. The molecular formula is C30H35ClN4O2S. The summed E-state index contributed by atoms with van der Waals surface area (Å²) >= 11 is 8.00. The van der Waals surface area contributed by atoms with Gasteiger partial charge in [-0.25, -0.2) is 4.79 Å². The van der Waals surface area contributed by atoms with Crippen LogP contribution in [0, 0.1) is 5.92 Å². The van der Waals surface area contributed by atoms with Crippen molar-refractivity contribution in [3.8, 4) is 0 Å². The molecule has 200 valence electrons. The van der Waals surface area contributed by atoms with Gasteiger partial charge in [0.15, 0.2) is 0 Å². The fraction of sp³-hybridized carbons (Fsp3) is 0.433. The van der Waals surface area contributed by atoms with E-state index >= 15 is 0 Å². The quantitative estimate of drug-likeness (QED) is 0.331. The number of nitrogens with zero attached hydrogens (tertiary/aromatic N) is 4. The summed E-state index contributed by atoms with van der Waals surface area (Å²) in [4.78, 5) is 21.6. The molecule has 0 unspecified atom stereocenters. The Morgan fingerprint density at radius 1 is 1.13 bits per heavy atom. The molecule has 1 fully saturated rings. The van der Waals surface area contributed by atoms with E-state index in [1.807, 2.05) is 39.0 Å². The summed E-state index contributed by atoms with van der Waals surface area (Å²) in [6.07, 6.45) is 3.83. The second-order valence-electron chi connectivity index (χ2n) is 11.2. The van der Waals surface area contributed by atoms with Crippen LogP contribution in [-0.2, 0) is 11.3 Å². The van der Waals surface area contributed by atoms with Gasteiger partial charge in [0.05, 0.1) is 29.2 Å². The molecular weight excluding hydrogens is 516 g/mol. The monoisotopic (exact) mass is 550 g/mol. The van der Waals surface area contributed by atoms with Crippen molar-refractivity contribution in [1.29, 1.82) is 0 Å². The summed E-state index contributed by atoms with van der Waals surface area (Å²) in [5, 5.41) is 1.92. The molecule has 0 saturated heterocycles. The summed E-state index contributed by atoms with van der Waals surface area (Å²) in [6, 6.07) is 14.4. The first-order valence-corrected chi connectivity index (χ1v) is 14.3. The largest absolute Gasteiger partial charge is 0.444 e. The maximum Gasteiger partial charge on any atom is 0.411 e. The van der Waals surface area contributed by atoms with E-state index in [2.05, 4.69) is 40.7 Å². The van der Waals surface area contributed by atoms with Gasteiger partial charge >= 0.3 is 6.09 Å². The molecule has 6 nitrogen and oxygen atoms in total. The van der Waals surface area contributed by atoms with Gasteiger partial charge in [-0.05, 0) is 93.7 Å². The molecule has 3 aromatic rings. The summed E-state index contributed by atoms with van der Waals surface area (Å²) in [7, 11) is 1.77. The molecule has 1 aromatic heterocycles. The topological polar surface area (TPSA) is 58.0 Å². The number of amidine groups is 1. The first kappa shape index (κ1) is 26.7. The average molecular weight is 551 g/mol. The molecule has 1 aliphatic carbocycles. The molecule has 38 heavy (non-hydrogen) atoms. The highest BCUT2D eigenvalue weighted by Crippen LogP contribution is 2.43. The van der Waals surface area contributed by atoms with Crippen LogP contribution in [0.15, 0.2) is 59.7 Å². The lowest BCUT2D eigenvalue weighted by molar-refractivity contribution is 0.0265. The van der Waals surface area contributed by atoms with Crippen molar-refractivity contribution in [1.82, 2.24) is 9.27 Å². The van der Waals surface area contributed by atoms with Gasteiger partial charge < -0.3 is 9.64 Å². The lowest BCUT2D eigenvalue weighted by Crippen LogP contribution is -2.42. The molecule has 1 saturated carbocycles. The van der Waals surface area contributed by atoms with Crippen LogP contribution in [0.5, 0.6) is 0 Å². The molecule has 5 rings (SSSR count). The zero-order valence-corrected chi connectivity index (χ0v) is 24.1. The molecule has 2 aliphatic rings. The number of carbonyl (C=O) groups is 1. The van der Waals surface area contributed by atoms with Crippen molar-refractivity contribution in [3.05, 3.63) is 71.0 Å². The molecule has 0 radical (unpaired) electrons. The predicted octanol–water partition coefficient (Wildman–Crippen LogP) is 8.02. The van der Waals surface area contributed by atoms with E-state index in [1.165, 1.54) is 15.8 Å². The van der Waals surface area contributed by atoms with Gasteiger partial charge in [0.1, 0.15) is 11.4 Å². The van der Waals surface area contributed by atoms with Gasteiger partial charge in [-0.15, -0.1) is 0 Å². The van der Waals surface area contributed by atoms with Crippen LogP contribution in [0.25, 0.3) is 10.1 Å². The first-order chi connectivity index (χ1) is 18.1. The summed E-state index contributed by atoms with van der Waals surface area (Å²) in [5.74, 6) is 1.55. The maximum atomic E-state index is 13.1. The van der Waals surface area contributed by atoms with E-state index < -0.39 is 5.60 Å². The Morgan fingerprint density at radius 3 is 2.58 bits per heavy atom. The van der Waals surface area contributed by atoms with Crippen molar-refractivity contribution in [2.75, 3.05) is 18.5 Å². The fourth-order valence-electron chi connectivity index (χ4n) is 5.57. The van der Waals surface area contributed by atoms with Gasteiger partial charge in [0, 0.05) is 29.1 Å². The summed E-state index contributed by atoms with van der Waals surface area (Å²) in [5.41, 5.74) is 3.59. The Morgan fingerprint density at radius 2 is 1.87 bits per heavy atom. The number of ether oxygens (including phenoxy) is 1. The normalized spacial score (nSPS) is 21.3. The van der Waals surface area contributed by atoms with E-state index in [4.69, 9.17) is 20.7 Å². The van der Waals surface area contributed by atoms with Crippen LogP contribution in [0.3, 0.4) is 0 Å². The molecule has 1 aliphatic heterocycles. The SMILES string of the molecule is C=C(C1CCC(c2nsc3ccccc23)CC1)N1C(=NC)CN(C(=O)OC(C)(C)C)Cc2cc(Cl)ccc21. The summed E-state index contributed by atoms with van der Waals surface area (Å²) in [6.45, 7) is 10.9. The molecule has 2 heterocycles. The molecule has 8 heteroatoms. The fourth-order valence-corrected chi connectivity index (χ4v) is 6.62. The van der Waals surface area contributed by atoms with E-state index in [0.717, 1.165) is 48.5 Å². The molecule has 0 atom stereocenters. The van der Waals surface area contributed by atoms with Crippen molar-refractivity contribution < 1.29 is 9.53 Å². The number of anilines is 1. The number of carbonyl (C=O) groups excluding carboxylic acids is 1. The third kappa shape index (κ3) is 5.45. The standard InChI is InChI=1S/C30H35ClN4O2S/c1-19(20-10-12-21(13-11-20)28-24-8-6-7-9-26(24)38-33-28)35-25-15-14-23(31)16-22(25)17-34(18-27(35)32-5)29(36)37-30(2,3)4/h6-9,14-16,20-21H,1,10-13,17-18H2,2-5H3. The number of aromatic nitrogens is 1. The smallest absolute Gasteiger partial charge is 0.411 e. The highest BCUT2D eigenvalue weighted by molar-refractivity contribution is 7.13. The van der Waals surface area contributed by atoms with Crippen LogP contribution >= 0.6 is 23.1 Å². The molecule has 0 spiro atoms. The molecule has 0 N–H and O–H groups in total. The number of hydrogen-bond acceptors (Lipinski definition) is 5. The Hall–Kier alpha value is -2.90. The Balaban J connectivity index is 1.39. The lowest BCUT2D eigenvalue weighted by atomic mass is 9.78. The van der Waals surface area contributed by atoms with Gasteiger partial charge in [0.25, 0.3) is 0 Å². The van der Waals surface area contributed by atoms with E-state index in [1.54, 1.807) is 23.5 Å². The Kier molecular flexibility index (Phi) is 7.51. The predicted molar refractivity (Wildman–Crippen MR) is 157 cm³/mol. The number of hydrogen-bond donors (Lipinski definition) is 0. The number of halogens is 1. The summed E-state index contributed by atoms with van der Waals surface area (Å²) < 4.78 is 11.8. The van der Waals surface area contributed by atoms with Gasteiger partial charge in [0.2, 0.25) is 0 Å². The van der Waals surface area contributed by atoms with Crippen molar-refractivity contribution in [2.45, 2.75) is 64.5 Å². The zero-order chi connectivity index (χ0) is 27.0. The van der Waals surface area contributed by atoms with Crippen molar-refractivity contribution >= 4 is 50.8 Å². The molecule has 2 aromatic carbocycles. The molecule has 0 bridgehead atoms. The van der Waals surface area contributed by atoms with Gasteiger partial charge in [-0.2, -0.15) is 4.37 Å². The van der Waals surface area contributed by atoms with Crippen molar-refractivity contribution in [3.63, 3.8) is 0 Å². The number of aliphatic imine (C=N–C) groups is 1. The lowest BCUT2D eigenvalue weighted by Gasteiger charge is -2.36. The van der Waals surface area contributed by atoms with E-state index in [0.29, 0.717) is 29.9 Å². The Labute approximate surface area is 234 Å².